The van der Waals surface area contributed by atoms with E-state index in [-0.39, 0.29) is 0 Å². The van der Waals surface area contributed by atoms with Gasteiger partial charge in [-0.25, -0.2) is 0 Å². The molecule has 0 spiro atoms. The Morgan fingerprint density at radius 1 is 1.30 bits per heavy atom. The highest BCUT2D eigenvalue weighted by Crippen LogP contribution is 2.07. The Balaban J connectivity index is 4.46. The SMILES string of the molecule is CN=C(F)/C(F)=C(/F)NC. The van der Waals surface area contributed by atoms with Crippen LogP contribution in [-0.2, 0) is 0 Å². The molecule has 10 heavy (non-hydrogen) atoms. The first kappa shape index (κ1) is 9.00. The quantitative estimate of drug-likeness (QED) is 0.468. The van der Waals surface area contributed by atoms with Crippen molar-refractivity contribution in [3.05, 3.63) is 11.8 Å². The van der Waals surface area contributed by atoms with E-state index in [0.29, 0.717) is 0 Å². The maximum Gasteiger partial charge on any atom is 0.248 e. The van der Waals surface area contributed by atoms with E-state index < -0.39 is 17.7 Å². The zero-order valence-electron chi connectivity index (χ0n) is 5.58. The Labute approximate surface area is 56.5 Å². The molecule has 0 aliphatic carbocycles. The molecule has 0 rings (SSSR count). The molecule has 0 unspecified atom stereocenters. The van der Waals surface area contributed by atoms with Crippen LogP contribution in [0.15, 0.2) is 16.8 Å². The number of nitrogens with one attached hydrogen (secondary N) is 1. The lowest BCUT2D eigenvalue weighted by molar-refractivity contribution is 0.506. The molecule has 0 amide bonds. The summed E-state index contributed by atoms with van der Waals surface area (Å²) in [6, 6.07) is 0. The Morgan fingerprint density at radius 3 is 2.10 bits per heavy atom. The van der Waals surface area contributed by atoms with Crippen LogP contribution in [0, 0.1) is 0 Å². The third-order valence-corrected chi connectivity index (χ3v) is 0.790. The normalized spacial score (nSPS) is 14.7. The number of aliphatic imine (C=N–C) groups is 1. The lowest BCUT2D eigenvalue weighted by atomic mass is 10.5. The summed E-state index contributed by atoms with van der Waals surface area (Å²) in [5, 5.41) is 1.80. The molecule has 0 atom stereocenters. The van der Waals surface area contributed by atoms with Gasteiger partial charge in [0.05, 0.1) is 0 Å². The van der Waals surface area contributed by atoms with E-state index in [2.05, 4.69) is 4.99 Å². The average Bonchev–Trinajstić information content (AvgIpc) is 2.00. The van der Waals surface area contributed by atoms with E-state index in [4.69, 9.17) is 0 Å². The largest absolute Gasteiger partial charge is 0.362 e. The van der Waals surface area contributed by atoms with Gasteiger partial charge in [-0.2, -0.15) is 13.2 Å². The van der Waals surface area contributed by atoms with E-state index in [9.17, 15) is 13.2 Å². The van der Waals surface area contributed by atoms with Gasteiger partial charge in [0.2, 0.25) is 17.7 Å². The highest BCUT2D eigenvalue weighted by Gasteiger charge is 2.10. The number of hydrogen-bond donors (Lipinski definition) is 1. The van der Waals surface area contributed by atoms with Crippen molar-refractivity contribution in [2.75, 3.05) is 14.1 Å². The summed E-state index contributed by atoms with van der Waals surface area (Å²) in [5.74, 6) is -4.42. The topological polar surface area (TPSA) is 24.4 Å². The van der Waals surface area contributed by atoms with Crippen molar-refractivity contribution in [1.29, 1.82) is 0 Å². The molecule has 0 saturated heterocycles. The van der Waals surface area contributed by atoms with Crippen molar-refractivity contribution in [3.8, 4) is 0 Å². The number of halogens is 3. The summed E-state index contributed by atoms with van der Waals surface area (Å²) < 4.78 is 36.2. The van der Waals surface area contributed by atoms with Crippen LogP contribution in [-0.4, -0.2) is 20.1 Å². The smallest absolute Gasteiger partial charge is 0.248 e. The Hall–Kier alpha value is -1.00. The monoisotopic (exact) mass is 152 g/mol. The Bertz CT molecular complexity index is 174. The molecule has 0 aliphatic rings. The van der Waals surface area contributed by atoms with Gasteiger partial charge in [-0.3, -0.25) is 4.99 Å². The molecule has 0 fully saturated rings. The third-order valence-electron chi connectivity index (χ3n) is 0.790. The standard InChI is InChI=1S/C5H7F3N2/c1-9-4(7)3(6)5(8)10-2/h9H,1-2H3/b4-3+,10-5?. The van der Waals surface area contributed by atoms with Crippen LogP contribution < -0.4 is 5.32 Å². The van der Waals surface area contributed by atoms with Gasteiger partial charge in [-0.05, 0) is 0 Å². The van der Waals surface area contributed by atoms with Gasteiger partial charge in [0.15, 0.2) is 0 Å². The minimum absolute atomic E-state index is 1.03. The van der Waals surface area contributed by atoms with E-state index >= 15 is 0 Å². The van der Waals surface area contributed by atoms with Gasteiger partial charge in [0.25, 0.3) is 0 Å². The zero-order chi connectivity index (χ0) is 8.15. The van der Waals surface area contributed by atoms with Crippen LogP contribution in [0.5, 0.6) is 0 Å². The summed E-state index contributed by atoms with van der Waals surface area (Å²) in [5.41, 5.74) is 0. The zero-order valence-corrected chi connectivity index (χ0v) is 5.58. The first-order chi connectivity index (χ1) is 4.63. The minimum atomic E-state index is -1.61. The Kier molecular flexibility index (Phi) is 3.53. The van der Waals surface area contributed by atoms with E-state index in [0.717, 1.165) is 14.1 Å². The first-order valence-corrected chi connectivity index (χ1v) is 2.49. The second kappa shape index (κ2) is 3.92. The third kappa shape index (κ3) is 2.08. The van der Waals surface area contributed by atoms with Gasteiger partial charge in [0, 0.05) is 14.1 Å². The molecule has 1 N–H and O–H groups in total. The van der Waals surface area contributed by atoms with Gasteiger partial charge in [-0.1, -0.05) is 0 Å². The molecule has 0 heterocycles. The lowest BCUT2D eigenvalue weighted by Crippen LogP contribution is -2.06. The maximum absolute atomic E-state index is 12.1. The molecule has 0 bridgehead atoms. The molecule has 5 heteroatoms. The number of allylic oxidation sites excluding steroid dienone is 1. The van der Waals surface area contributed by atoms with Gasteiger partial charge in [0.1, 0.15) is 0 Å². The van der Waals surface area contributed by atoms with Gasteiger partial charge >= 0.3 is 0 Å². The number of rotatable bonds is 2. The van der Waals surface area contributed by atoms with Crippen LogP contribution in [0.2, 0.25) is 0 Å². The van der Waals surface area contributed by atoms with Crippen LogP contribution in [0.3, 0.4) is 0 Å². The molecular weight excluding hydrogens is 145 g/mol. The summed E-state index contributed by atoms with van der Waals surface area (Å²) >= 11 is 0. The van der Waals surface area contributed by atoms with Crippen molar-refractivity contribution in [2.24, 2.45) is 4.99 Å². The van der Waals surface area contributed by atoms with E-state index in [1.807, 2.05) is 0 Å². The van der Waals surface area contributed by atoms with Gasteiger partial charge in [-0.15, -0.1) is 0 Å². The minimum Gasteiger partial charge on any atom is -0.362 e. The number of hydrogen-bond acceptors (Lipinski definition) is 2. The molecule has 58 valence electrons. The van der Waals surface area contributed by atoms with E-state index in [1.54, 1.807) is 5.32 Å². The van der Waals surface area contributed by atoms with Crippen molar-refractivity contribution in [2.45, 2.75) is 0 Å². The highest BCUT2D eigenvalue weighted by atomic mass is 19.2. The molecule has 0 saturated carbocycles. The van der Waals surface area contributed by atoms with Crippen LogP contribution in [0.4, 0.5) is 13.2 Å². The fourth-order valence-corrected chi connectivity index (χ4v) is 0.298. The van der Waals surface area contributed by atoms with Crippen molar-refractivity contribution in [3.63, 3.8) is 0 Å². The molecule has 2 nitrogen and oxygen atoms in total. The molecule has 0 aromatic heterocycles. The number of nitrogens with zero attached hydrogens (tertiary/aromatic N) is 1. The fourth-order valence-electron chi connectivity index (χ4n) is 0.298. The fraction of sp³-hybridized carbons (Fsp3) is 0.400. The maximum atomic E-state index is 12.1. The lowest BCUT2D eigenvalue weighted by Gasteiger charge is -1.94. The molecular formula is C5H7F3N2. The van der Waals surface area contributed by atoms with Crippen molar-refractivity contribution < 1.29 is 13.2 Å². The van der Waals surface area contributed by atoms with Gasteiger partial charge < -0.3 is 5.32 Å². The van der Waals surface area contributed by atoms with Crippen molar-refractivity contribution >= 4 is 5.97 Å². The molecule has 0 aromatic carbocycles. The summed E-state index contributed by atoms with van der Waals surface area (Å²) in [6.07, 6.45) is 0. The van der Waals surface area contributed by atoms with Crippen LogP contribution in [0.25, 0.3) is 0 Å². The second-order valence-corrected chi connectivity index (χ2v) is 1.39. The summed E-state index contributed by atoms with van der Waals surface area (Å²) in [7, 11) is 2.16. The highest BCUT2D eigenvalue weighted by molar-refractivity contribution is 5.90. The summed E-state index contributed by atoms with van der Waals surface area (Å²) in [4.78, 5) is 2.79. The Morgan fingerprint density at radius 2 is 1.80 bits per heavy atom. The average molecular weight is 152 g/mol. The van der Waals surface area contributed by atoms with Crippen LogP contribution >= 0.6 is 0 Å². The molecule has 0 aliphatic heterocycles. The second-order valence-electron chi connectivity index (χ2n) is 1.39. The predicted molar refractivity (Wildman–Crippen MR) is 32.8 cm³/mol. The van der Waals surface area contributed by atoms with Crippen LogP contribution in [0.1, 0.15) is 0 Å². The predicted octanol–water partition coefficient (Wildman–Crippen LogP) is 1.31. The first-order valence-electron chi connectivity index (χ1n) is 2.49. The summed E-state index contributed by atoms with van der Waals surface area (Å²) in [6.45, 7) is 0. The van der Waals surface area contributed by atoms with E-state index in [1.165, 1.54) is 0 Å². The van der Waals surface area contributed by atoms with Crippen molar-refractivity contribution in [1.82, 2.24) is 5.32 Å². The molecule has 0 aromatic rings. The molecule has 0 radical (unpaired) electrons.